The summed E-state index contributed by atoms with van der Waals surface area (Å²) in [5, 5.41) is 2.76. The van der Waals surface area contributed by atoms with Crippen LogP contribution in [0.3, 0.4) is 0 Å². The number of hydrogen-bond donors (Lipinski definition) is 1. The van der Waals surface area contributed by atoms with Crippen molar-refractivity contribution in [3.05, 3.63) is 59.7 Å². The van der Waals surface area contributed by atoms with Gasteiger partial charge in [-0.25, -0.2) is 0 Å². The van der Waals surface area contributed by atoms with Crippen LogP contribution in [0.5, 0.6) is 11.5 Å². The van der Waals surface area contributed by atoms with Gasteiger partial charge in [-0.3, -0.25) is 9.59 Å². The fourth-order valence-corrected chi connectivity index (χ4v) is 2.53. The Hall–Kier alpha value is -3.02. The van der Waals surface area contributed by atoms with Crippen LogP contribution in [0.2, 0.25) is 0 Å². The molecule has 6 nitrogen and oxygen atoms in total. The van der Waals surface area contributed by atoms with Crippen molar-refractivity contribution in [3.63, 3.8) is 0 Å². The third kappa shape index (κ3) is 6.33. The van der Waals surface area contributed by atoms with E-state index in [-0.39, 0.29) is 12.3 Å². The molecular formula is C21H25NO5. The van der Waals surface area contributed by atoms with E-state index >= 15 is 0 Å². The van der Waals surface area contributed by atoms with Crippen LogP contribution in [0, 0.1) is 0 Å². The molecule has 0 bridgehead atoms. The van der Waals surface area contributed by atoms with Gasteiger partial charge in [0, 0.05) is 13.0 Å². The van der Waals surface area contributed by atoms with Crippen molar-refractivity contribution in [1.82, 2.24) is 5.32 Å². The molecule has 2 rings (SSSR count). The van der Waals surface area contributed by atoms with Gasteiger partial charge in [0.15, 0.2) is 6.10 Å². The fraction of sp³-hybridized carbons (Fsp3) is 0.333. The minimum absolute atomic E-state index is 0.177. The van der Waals surface area contributed by atoms with E-state index < -0.39 is 12.1 Å². The van der Waals surface area contributed by atoms with Gasteiger partial charge in [-0.1, -0.05) is 30.3 Å². The van der Waals surface area contributed by atoms with Crippen LogP contribution >= 0.6 is 0 Å². The number of hydrogen-bond acceptors (Lipinski definition) is 5. The Kier molecular flexibility index (Phi) is 7.67. The van der Waals surface area contributed by atoms with Gasteiger partial charge in [0.2, 0.25) is 0 Å². The number of benzene rings is 2. The molecule has 0 heterocycles. The topological polar surface area (TPSA) is 73.9 Å². The molecule has 0 fully saturated rings. The molecule has 0 aliphatic heterocycles. The van der Waals surface area contributed by atoms with E-state index in [0.29, 0.717) is 13.0 Å². The second kappa shape index (κ2) is 10.2. The second-order valence-electron chi connectivity index (χ2n) is 6.01. The molecule has 1 amide bonds. The maximum atomic E-state index is 12.1. The summed E-state index contributed by atoms with van der Waals surface area (Å²) in [7, 11) is 3.19. The minimum atomic E-state index is -0.853. The van der Waals surface area contributed by atoms with E-state index in [1.807, 2.05) is 48.5 Å². The Bertz CT molecular complexity index is 757. The lowest BCUT2D eigenvalue weighted by atomic mass is 10.1. The van der Waals surface area contributed by atoms with E-state index in [1.54, 1.807) is 21.1 Å². The molecule has 2 aromatic carbocycles. The van der Waals surface area contributed by atoms with Crippen molar-refractivity contribution in [1.29, 1.82) is 0 Å². The Morgan fingerprint density at radius 2 is 1.70 bits per heavy atom. The van der Waals surface area contributed by atoms with Crippen LogP contribution in [-0.4, -0.2) is 32.2 Å². The second-order valence-corrected chi connectivity index (χ2v) is 6.01. The normalized spacial score (nSPS) is 11.4. The number of esters is 1. The Labute approximate surface area is 159 Å². The van der Waals surface area contributed by atoms with Crippen LogP contribution < -0.4 is 14.8 Å². The number of amides is 1. The number of carbonyl (C=O) groups is 2. The molecule has 1 N–H and O–H groups in total. The number of aryl methyl sites for hydroxylation is 1. The SMILES string of the molecule is COc1ccc(CNC(=O)[C@@H](C)OC(=O)CCc2ccccc2OC)cc1. The van der Waals surface area contributed by atoms with E-state index in [1.165, 1.54) is 0 Å². The molecule has 0 saturated heterocycles. The van der Waals surface area contributed by atoms with Crippen LogP contribution in [0.25, 0.3) is 0 Å². The lowest BCUT2D eigenvalue weighted by molar-refractivity contribution is -0.154. The third-order valence-corrected chi connectivity index (χ3v) is 4.09. The van der Waals surface area contributed by atoms with Crippen molar-refractivity contribution in [2.24, 2.45) is 0 Å². The zero-order chi connectivity index (χ0) is 19.6. The summed E-state index contributed by atoms with van der Waals surface area (Å²) < 4.78 is 15.6. The zero-order valence-electron chi connectivity index (χ0n) is 15.9. The summed E-state index contributed by atoms with van der Waals surface area (Å²) in [6.07, 6.45) is -0.187. The van der Waals surface area contributed by atoms with Crippen LogP contribution in [-0.2, 0) is 27.3 Å². The third-order valence-electron chi connectivity index (χ3n) is 4.09. The smallest absolute Gasteiger partial charge is 0.306 e. The fourth-order valence-electron chi connectivity index (χ4n) is 2.53. The summed E-state index contributed by atoms with van der Waals surface area (Å²) in [6, 6.07) is 14.9. The first-order valence-corrected chi connectivity index (χ1v) is 8.75. The zero-order valence-corrected chi connectivity index (χ0v) is 15.9. The summed E-state index contributed by atoms with van der Waals surface area (Å²) in [5.74, 6) is 0.725. The first-order valence-electron chi connectivity index (χ1n) is 8.75. The molecule has 0 saturated carbocycles. The molecule has 2 aromatic rings. The molecule has 0 aliphatic carbocycles. The van der Waals surface area contributed by atoms with E-state index in [4.69, 9.17) is 14.2 Å². The molecule has 0 spiro atoms. The molecule has 0 aromatic heterocycles. The number of methoxy groups -OCH3 is 2. The van der Waals surface area contributed by atoms with Crippen LogP contribution in [0.1, 0.15) is 24.5 Å². The monoisotopic (exact) mass is 371 g/mol. The molecule has 0 aliphatic rings. The number of rotatable bonds is 9. The highest BCUT2D eigenvalue weighted by molar-refractivity contribution is 5.83. The predicted octanol–water partition coefficient (Wildman–Crippen LogP) is 2.88. The summed E-state index contributed by atoms with van der Waals surface area (Å²) in [6.45, 7) is 1.91. The van der Waals surface area contributed by atoms with Crippen molar-refractivity contribution < 1.29 is 23.8 Å². The van der Waals surface area contributed by atoms with E-state index in [2.05, 4.69) is 5.32 Å². The predicted molar refractivity (Wildman–Crippen MR) is 102 cm³/mol. The first kappa shape index (κ1) is 20.3. The van der Waals surface area contributed by atoms with Crippen molar-refractivity contribution in [2.75, 3.05) is 14.2 Å². The largest absolute Gasteiger partial charge is 0.497 e. The molecule has 0 unspecified atom stereocenters. The number of carbonyl (C=O) groups excluding carboxylic acids is 2. The van der Waals surface area contributed by atoms with Gasteiger partial charge in [0.25, 0.3) is 5.91 Å². The van der Waals surface area contributed by atoms with E-state index in [9.17, 15) is 9.59 Å². The standard InChI is InChI=1S/C21H25NO5/c1-15(21(24)22-14-16-8-11-18(25-2)12-9-16)27-20(23)13-10-17-6-4-5-7-19(17)26-3/h4-9,11-12,15H,10,13-14H2,1-3H3,(H,22,24)/t15-/m1/s1. The minimum Gasteiger partial charge on any atom is -0.497 e. The molecule has 1 atom stereocenters. The molecule has 6 heteroatoms. The first-order chi connectivity index (χ1) is 13.0. The lowest BCUT2D eigenvalue weighted by Gasteiger charge is -2.14. The van der Waals surface area contributed by atoms with Gasteiger partial charge >= 0.3 is 5.97 Å². The van der Waals surface area contributed by atoms with Gasteiger partial charge in [-0.15, -0.1) is 0 Å². The number of nitrogens with one attached hydrogen (secondary N) is 1. The maximum absolute atomic E-state index is 12.1. The quantitative estimate of drug-likeness (QED) is 0.686. The van der Waals surface area contributed by atoms with Gasteiger partial charge in [-0.05, 0) is 42.7 Å². The lowest BCUT2D eigenvalue weighted by Crippen LogP contribution is -2.35. The maximum Gasteiger partial charge on any atom is 0.306 e. The number of para-hydroxylation sites is 1. The highest BCUT2D eigenvalue weighted by Gasteiger charge is 2.17. The average Bonchev–Trinajstić information content (AvgIpc) is 2.70. The molecular weight excluding hydrogens is 346 g/mol. The summed E-state index contributed by atoms with van der Waals surface area (Å²) in [4.78, 5) is 24.1. The molecule has 0 radical (unpaired) electrons. The summed E-state index contributed by atoms with van der Waals surface area (Å²) >= 11 is 0. The van der Waals surface area contributed by atoms with E-state index in [0.717, 1.165) is 22.6 Å². The average molecular weight is 371 g/mol. The molecule has 27 heavy (non-hydrogen) atoms. The van der Waals surface area contributed by atoms with Crippen molar-refractivity contribution in [2.45, 2.75) is 32.4 Å². The van der Waals surface area contributed by atoms with Gasteiger partial charge < -0.3 is 19.5 Å². The highest BCUT2D eigenvalue weighted by Crippen LogP contribution is 2.19. The summed E-state index contributed by atoms with van der Waals surface area (Å²) in [5.41, 5.74) is 1.85. The van der Waals surface area contributed by atoms with Gasteiger partial charge in [-0.2, -0.15) is 0 Å². The number of ether oxygens (including phenoxy) is 3. The van der Waals surface area contributed by atoms with Crippen molar-refractivity contribution >= 4 is 11.9 Å². The van der Waals surface area contributed by atoms with Crippen LogP contribution in [0.15, 0.2) is 48.5 Å². The van der Waals surface area contributed by atoms with Gasteiger partial charge in [0.1, 0.15) is 11.5 Å². The Balaban J connectivity index is 1.76. The Morgan fingerprint density at radius 1 is 1.00 bits per heavy atom. The van der Waals surface area contributed by atoms with Crippen LogP contribution in [0.4, 0.5) is 0 Å². The van der Waals surface area contributed by atoms with Crippen molar-refractivity contribution in [3.8, 4) is 11.5 Å². The molecule has 144 valence electrons. The Morgan fingerprint density at radius 3 is 2.37 bits per heavy atom. The van der Waals surface area contributed by atoms with Gasteiger partial charge in [0.05, 0.1) is 14.2 Å². The highest BCUT2D eigenvalue weighted by atomic mass is 16.5.